The van der Waals surface area contributed by atoms with Crippen LogP contribution in [0.1, 0.15) is 48.4 Å². The number of benzene rings is 1. The molecule has 28 heavy (non-hydrogen) atoms. The summed E-state index contributed by atoms with van der Waals surface area (Å²) in [6.07, 6.45) is -2.99. The first-order valence-electron chi connectivity index (χ1n) is 8.69. The van der Waals surface area contributed by atoms with E-state index in [2.05, 4.69) is 15.0 Å². The van der Waals surface area contributed by atoms with Crippen molar-refractivity contribution in [3.63, 3.8) is 0 Å². The van der Waals surface area contributed by atoms with Crippen LogP contribution < -0.4 is 10.1 Å². The highest BCUT2D eigenvalue weighted by Crippen LogP contribution is 2.23. The number of hydrogen-bond acceptors (Lipinski definition) is 4. The SMILES string of the molecule is CC(C)C(=O)Cc1cc(C(C)NC(=O)c2ccc(OC(F)(F)F)cc2)ccn1. The highest BCUT2D eigenvalue weighted by molar-refractivity contribution is 5.94. The van der Waals surface area contributed by atoms with Crippen molar-refractivity contribution >= 4 is 11.7 Å². The van der Waals surface area contributed by atoms with Crippen molar-refractivity contribution in [2.45, 2.75) is 39.6 Å². The number of pyridine rings is 1. The number of nitrogens with zero attached hydrogens (tertiary/aromatic N) is 1. The first-order chi connectivity index (χ1) is 13.0. The molecule has 0 radical (unpaired) electrons. The second-order valence-corrected chi connectivity index (χ2v) is 6.65. The lowest BCUT2D eigenvalue weighted by molar-refractivity contribution is -0.274. The Morgan fingerprint density at radius 1 is 1.11 bits per heavy atom. The Bertz CT molecular complexity index is 833. The second-order valence-electron chi connectivity index (χ2n) is 6.65. The molecule has 2 rings (SSSR count). The fraction of sp³-hybridized carbons (Fsp3) is 0.350. The van der Waals surface area contributed by atoms with Crippen LogP contribution in [0.3, 0.4) is 0 Å². The average Bonchev–Trinajstić information content (AvgIpc) is 2.61. The second kappa shape index (κ2) is 8.86. The maximum Gasteiger partial charge on any atom is 0.573 e. The van der Waals surface area contributed by atoms with E-state index >= 15 is 0 Å². The van der Waals surface area contributed by atoms with E-state index in [1.807, 2.05) is 13.8 Å². The Labute approximate surface area is 160 Å². The van der Waals surface area contributed by atoms with Crippen LogP contribution >= 0.6 is 0 Å². The van der Waals surface area contributed by atoms with E-state index in [1.165, 1.54) is 12.1 Å². The Hall–Kier alpha value is -2.90. The van der Waals surface area contributed by atoms with Gasteiger partial charge in [-0.2, -0.15) is 0 Å². The molecule has 0 saturated heterocycles. The molecule has 1 aromatic carbocycles. The van der Waals surface area contributed by atoms with Gasteiger partial charge in [-0.3, -0.25) is 14.6 Å². The largest absolute Gasteiger partial charge is 0.573 e. The van der Waals surface area contributed by atoms with Crippen molar-refractivity contribution in [3.05, 3.63) is 59.4 Å². The summed E-state index contributed by atoms with van der Waals surface area (Å²) in [5.41, 5.74) is 1.59. The number of amides is 1. The predicted octanol–water partition coefficient (Wildman–Crippen LogP) is 4.24. The molecular weight excluding hydrogens is 373 g/mol. The lowest BCUT2D eigenvalue weighted by atomic mass is 10.0. The Balaban J connectivity index is 2.03. The molecule has 1 atom stereocenters. The number of Topliss-reactive ketones (excluding diaryl/α,β-unsaturated/α-hetero) is 1. The number of carbonyl (C=O) groups excluding carboxylic acids is 2. The lowest BCUT2D eigenvalue weighted by Gasteiger charge is -2.16. The quantitative estimate of drug-likeness (QED) is 0.763. The summed E-state index contributed by atoms with van der Waals surface area (Å²) in [6, 6.07) is 7.77. The van der Waals surface area contributed by atoms with Crippen molar-refractivity contribution in [2.75, 3.05) is 0 Å². The number of rotatable bonds is 7. The van der Waals surface area contributed by atoms with Crippen molar-refractivity contribution in [3.8, 4) is 5.75 Å². The summed E-state index contributed by atoms with van der Waals surface area (Å²) >= 11 is 0. The van der Waals surface area contributed by atoms with Gasteiger partial charge in [-0.15, -0.1) is 13.2 Å². The number of ketones is 1. The number of ether oxygens (including phenoxy) is 1. The fourth-order valence-corrected chi connectivity index (χ4v) is 2.42. The molecule has 0 aliphatic carbocycles. The van der Waals surface area contributed by atoms with E-state index in [1.54, 1.807) is 25.3 Å². The molecule has 1 heterocycles. The summed E-state index contributed by atoms with van der Waals surface area (Å²) in [6.45, 7) is 5.41. The molecule has 0 aliphatic rings. The molecule has 2 aromatic rings. The highest BCUT2D eigenvalue weighted by Gasteiger charge is 2.31. The van der Waals surface area contributed by atoms with E-state index in [4.69, 9.17) is 0 Å². The zero-order valence-corrected chi connectivity index (χ0v) is 15.7. The third-order valence-corrected chi connectivity index (χ3v) is 4.04. The molecule has 0 bridgehead atoms. The van der Waals surface area contributed by atoms with Crippen LogP contribution in [0.2, 0.25) is 0 Å². The predicted molar refractivity (Wildman–Crippen MR) is 96.8 cm³/mol. The number of aromatic nitrogens is 1. The summed E-state index contributed by atoms with van der Waals surface area (Å²) in [4.78, 5) is 28.4. The number of nitrogens with one attached hydrogen (secondary N) is 1. The van der Waals surface area contributed by atoms with Crippen LogP contribution in [0.25, 0.3) is 0 Å². The van der Waals surface area contributed by atoms with E-state index in [9.17, 15) is 22.8 Å². The molecule has 1 N–H and O–H groups in total. The Morgan fingerprint density at radius 3 is 2.32 bits per heavy atom. The third-order valence-electron chi connectivity index (χ3n) is 4.04. The number of alkyl halides is 3. The van der Waals surface area contributed by atoms with Gasteiger partial charge in [0, 0.05) is 29.8 Å². The molecule has 1 amide bonds. The van der Waals surface area contributed by atoms with Gasteiger partial charge in [-0.25, -0.2) is 0 Å². The van der Waals surface area contributed by atoms with Gasteiger partial charge in [-0.1, -0.05) is 13.8 Å². The monoisotopic (exact) mass is 394 g/mol. The van der Waals surface area contributed by atoms with Gasteiger partial charge in [-0.05, 0) is 48.9 Å². The smallest absolute Gasteiger partial charge is 0.406 e. The molecule has 0 spiro atoms. The van der Waals surface area contributed by atoms with Crippen molar-refractivity contribution in [1.29, 1.82) is 0 Å². The number of carbonyl (C=O) groups is 2. The molecule has 0 saturated carbocycles. The van der Waals surface area contributed by atoms with Gasteiger partial charge in [0.2, 0.25) is 0 Å². The normalized spacial score (nSPS) is 12.5. The van der Waals surface area contributed by atoms with Gasteiger partial charge in [0.25, 0.3) is 5.91 Å². The molecule has 1 aromatic heterocycles. The molecule has 5 nitrogen and oxygen atoms in total. The summed E-state index contributed by atoms with van der Waals surface area (Å²) in [7, 11) is 0. The molecule has 8 heteroatoms. The van der Waals surface area contributed by atoms with Gasteiger partial charge in [0.05, 0.1) is 6.04 Å². The Morgan fingerprint density at radius 2 is 1.75 bits per heavy atom. The van der Waals surface area contributed by atoms with Gasteiger partial charge >= 0.3 is 6.36 Å². The maximum absolute atomic E-state index is 12.3. The minimum Gasteiger partial charge on any atom is -0.406 e. The van der Waals surface area contributed by atoms with Crippen molar-refractivity contribution in [1.82, 2.24) is 10.3 Å². The van der Waals surface area contributed by atoms with Crippen LogP contribution in [0.15, 0.2) is 42.6 Å². The Kier molecular flexibility index (Phi) is 6.77. The third kappa shape index (κ3) is 6.37. The van der Waals surface area contributed by atoms with Crippen LogP contribution in [0.4, 0.5) is 13.2 Å². The zero-order valence-electron chi connectivity index (χ0n) is 15.7. The molecule has 0 fully saturated rings. The minimum atomic E-state index is -4.78. The highest BCUT2D eigenvalue weighted by atomic mass is 19.4. The van der Waals surface area contributed by atoms with Crippen LogP contribution in [-0.4, -0.2) is 23.0 Å². The van der Waals surface area contributed by atoms with Crippen LogP contribution in [0, 0.1) is 5.92 Å². The maximum atomic E-state index is 12.3. The lowest BCUT2D eigenvalue weighted by Crippen LogP contribution is -2.27. The zero-order chi connectivity index (χ0) is 20.9. The van der Waals surface area contributed by atoms with E-state index < -0.39 is 18.0 Å². The number of hydrogen-bond donors (Lipinski definition) is 1. The fourth-order valence-electron chi connectivity index (χ4n) is 2.42. The van der Waals surface area contributed by atoms with E-state index in [0.29, 0.717) is 5.69 Å². The molecule has 1 unspecified atom stereocenters. The molecule has 0 aliphatic heterocycles. The van der Waals surface area contributed by atoms with Gasteiger partial charge < -0.3 is 10.1 Å². The minimum absolute atomic E-state index is 0.0718. The molecular formula is C20H21F3N2O3. The van der Waals surface area contributed by atoms with Gasteiger partial charge in [0.15, 0.2) is 0 Å². The van der Waals surface area contributed by atoms with Crippen molar-refractivity contribution < 1.29 is 27.5 Å². The first kappa shape index (κ1) is 21.4. The van der Waals surface area contributed by atoms with Crippen LogP contribution in [0.5, 0.6) is 5.75 Å². The standard InChI is InChI=1S/C20H21F3N2O3/c1-12(2)18(26)11-16-10-15(8-9-24-16)13(3)25-19(27)14-4-6-17(7-5-14)28-20(21,22)23/h4-10,12-13H,11H2,1-3H3,(H,25,27). The van der Waals surface area contributed by atoms with Gasteiger partial charge in [0.1, 0.15) is 11.5 Å². The van der Waals surface area contributed by atoms with Crippen LogP contribution in [-0.2, 0) is 11.2 Å². The summed E-state index contributed by atoms with van der Waals surface area (Å²) < 4.78 is 40.3. The van der Waals surface area contributed by atoms with E-state index in [0.717, 1.165) is 17.7 Å². The average molecular weight is 394 g/mol. The van der Waals surface area contributed by atoms with E-state index in [-0.39, 0.29) is 29.7 Å². The number of halogens is 3. The molecule has 150 valence electrons. The topological polar surface area (TPSA) is 68.3 Å². The first-order valence-corrected chi connectivity index (χ1v) is 8.69. The summed E-state index contributed by atoms with van der Waals surface area (Å²) in [5, 5.41) is 2.77. The summed E-state index contributed by atoms with van der Waals surface area (Å²) in [5.74, 6) is -0.859. The van der Waals surface area contributed by atoms with Crippen molar-refractivity contribution in [2.24, 2.45) is 5.92 Å².